The third kappa shape index (κ3) is 4.94. The van der Waals surface area contributed by atoms with Crippen molar-refractivity contribution in [2.45, 2.75) is 32.1 Å². The van der Waals surface area contributed by atoms with Crippen molar-refractivity contribution < 1.29 is 5.11 Å². The van der Waals surface area contributed by atoms with Gasteiger partial charge in [0.15, 0.2) is 0 Å². The Balaban J connectivity index is 1.51. The van der Waals surface area contributed by atoms with Gasteiger partial charge in [-0.25, -0.2) is 0 Å². The minimum atomic E-state index is 0.0941. The minimum absolute atomic E-state index is 0.0941. The van der Waals surface area contributed by atoms with Crippen LogP contribution in [0.4, 0.5) is 0 Å². The molecule has 0 spiro atoms. The lowest BCUT2D eigenvalue weighted by Crippen LogP contribution is -2.37. The average Bonchev–Trinajstić information content (AvgIpc) is 3.19. The number of aromatic nitrogens is 1. The summed E-state index contributed by atoms with van der Waals surface area (Å²) in [7, 11) is 0. The second-order valence-electron chi connectivity index (χ2n) is 7.57. The molecule has 0 radical (unpaired) electrons. The van der Waals surface area contributed by atoms with E-state index in [-0.39, 0.29) is 12.6 Å². The molecule has 3 heteroatoms. The standard InChI is InChI=1S/C26H28N2O/c29-21-25(16-18-27-17-15-24-13-7-8-14-26(24)27)28(19-22-9-3-1-4-10-22)20-23-11-5-2-6-12-23/h1-15,17,25,29H,16,18-21H2/t25-/m0/s1. The molecule has 0 saturated heterocycles. The molecule has 0 aliphatic heterocycles. The highest BCUT2D eigenvalue weighted by Gasteiger charge is 2.19. The maximum atomic E-state index is 10.2. The predicted molar refractivity (Wildman–Crippen MR) is 120 cm³/mol. The van der Waals surface area contributed by atoms with Crippen LogP contribution in [0, 0.1) is 0 Å². The molecule has 3 nitrogen and oxygen atoms in total. The highest BCUT2D eigenvalue weighted by Crippen LogP contribution is 2.19. The molecule has 0 saturated carbocycles. The second kappa shape index (κ2) is 9.55. The monoisotopic (exact) mass is 384 g/mol. The summed E-state index contributed by atoms with van der Waals surface area (Å²) in [5.41, 5.74) is 3.79. The van der Waals surface area contributed by atoms with Crippen molar-refractivity contribution in [3.05, 3.63) is 108 Å². The molecule has 1 N–H and O–H groups in total. The SMILES string of the molecule is OC[C@H](CCn1ccc2ccccc21)N(Cc1ccccc1)Cc1ccccc1. The van der Waals surface area contributed by atoms with Crippen molar-refractivity contribution >= 4 is 10.9 Å². The smallest absolute Gasteiger partial charge is 0.0587 e. The number of nitrogens with zero attached hydrogens (tertiary/aromatic N) is 2. The van der Waals surface area contributed by atoms with Crippen molar-refractivity contribution in [1.29, 1.82) is 0 Å². The van der Waals surface area contributed by atoms with Crippen LogP contribution in [-0.2, 0) is 19.6 Å². The molecule has 0 fully saturated rings. The summed E-state index contributed by atoms with van der Waals surface area (Å²) >= 11 is 0. The minimum Gasteiger partial charge on any atom is -0.395 e. The molecule has 0 bridgehead atoms. The molecule has 0 aliphatic rings. The van der Waals surface area contributed by atoms with E-state index in [9.17, 15) is 5.11 Å². The summed E-state index contributed by atoms with van der Waals surface area (Å²) in [4.78, 5) is 2.40. The van der Waals surface area contributed by atoms with E-state index in [0.717, 1.165) is 26.1 Å². The molecule has 0 aliphatic carbocycles. The van der Waals surface area contributed by atoms with Gasteiger partial charge in [-0.2, -0.15) is 0 Å². The Morgan fingerprint density at radius 3 is 1.93 bits per heavy atom. The number of hydrogen-bond donors (Lipinski definition) is 1. The normalized spacial score (nSPS) is 12.5. The molecule has 1 heterocycles. The first-order valence-corrected chi connectivity index (χ1v) is 10.3. The summed E-state index contributed by atoms with van der Waals surface area (Å²) < 4.78 is 2.29. The van der Waals surface area contributed by atoms with Gasteiger partial charge in [0.2, 0.25) is 0 Å². The van der Waals surface area contributed by atoms with Crippen LogP contribution in [-0.4, -0.2) is 27.2 Å². The maximum Gasteiger partial charge on any atom is 0.0587 e. The Hall–Kier alpha value is -2.88. The van der Waals surface area contributed by atoms with Gasteiger partial charge in [-0.05, 0) is 35.1 Å². The van der Waals surface area contributed by atoms with E-state index in [1.807, 2.05) is 12.1 Å². The number of rotatable bonds is 9. The molecule has 0 amide bonds. The van der Waals surface area contributed by atoms with Gasteiger partial charge in [-0.3, -0.25) is 4.90 Å². The third-order valence-electron chi connectivity index (χ3n) is 5.57. The summed E-state index contributed by atoms with van der Waals surface area (Å²) in [5, 5.41) is 11.5. The van der Waals surface area contributed by atoms with Crippen LogP contribution in [0.25, 0.3) is 10.9 Å². The first-order valence-electron chi connectivity index (χ1n) is 10.3. The number of benzene rings is 3. The van der Waals surface area contributed by atoms with E-state index in [4.69, 9.17) is 0 Å². The van der Waals surface area contributed by atoms with E-state index in [2.05, 4.69) is 94.5 Å². The summed E-state index contributed by atoms with van der Waals surface area (Å²) in [6.45, 7) is 2.69. The van der Waals surface area contributed by atoms with Gasteiger partial charge in [0.05, 0.1) is 6.61 Å². The van der Waals surface area contributed by atoms with E-state index in [1.165, 1.54) is 22.0 Å². The number of hydrogen-bond acceptors (Lipinski definition) is 2. The van der Waals surface area contributed by atoms with Gasteiger partial charge >= 0.3 is 0 Å². The number of aliphatic hydroxyl groups excluding tert-OH is 1. The quantitative estimate of drug-likeness (QED) is 0.435. The molecule has 4 rings (SSSR count). The lowest BCUT2D eigenvalue weighted by molar-refractivity contribution is 0.100. The summed E-state index contributed by atoms with van der Waals surface area (Å²) in [5.74, 6) is 0. The van der Waals surface area contributed by atoms with Gasteiger partial charge < -0.3 is 9.67 Å². The zero-order valence-corrected chi connectivity index (χ0v) is 16.7. The van der Waals surface area contributed by atoms with Crippen LogP contribution in [0.2, 0.25) is 0 Å². The Bertz CT molecular complexity index is 969. The molecule has 4 aromatic rings. The van der Waals surface area contributed by atoms with Gasteiger partial charge in [-0.1, -0.05) is 78.9 Å². The molecule has 148 valence electrons. The molecular weight excluding hydrogens is 356 g/mol. The zero-order valence-electron chi connectivity index (χ0n) is 16.7. The van der Waals surface area contributed by atoms with Crippen LogP contribution in [0.1, 0.15) is 17.5 Å². The Labute approximate surface area is 172 Å². The Morgan fingerprint density at radius 2 is 1.31 bits per heavy atom. The van der Waals surface area contributed by atoms with E-state index in [1.54, 1.807) is 0 Å². The van der Waals surface area contributed by atoms with Crippen LogP contribution in [0.5, 0.6) is 0 Å². The molecule has 1 atom stereocenters. The second-order valence-corrected chi connectivity index (χ2v) is 7.57. The van der Waals surface area contributed by atoms with E-state index >= 15 is 0 Å². The van der Waals surface area contributed by atoms with E-state index in [0.29, 0.717) is 0 Å². The number of fused-ring (bicyclic) bond motifs is 1. The van der Waals surface area contributed by atoms with Gasteiger partial charge in [0, 0.05) is 37.4 Å². The molecular formula is C26H28N2O. The van der Waals surface area contributed by atoms with Crippen LogP contribution >= 0.6 is 0 Å². The lowest BCUT2D eigenvalue weighted by Gasteiger charge is -2.31. The predicted octanol–water partition coefficient (Wildman–Crippen LogP) is 5.09. The summed E-state index contributed by atoms with van der Waals surface area (Å²) in [6.07, 6.45) is 3.05. The van der Waals surface area contributed by atoms with Crippen LogP contribution in [0.3, 0.4) is 0 Å². The molecule has 29 heavy (non-hydrogen) atoms. The first-order chi connectivity index (χ1) is 14.3. The van der Waals surface area contributed by atoms with E-state index < -0.39 is 0 Å². The molecule has 0 unspecified atom stereocenters. The van der Waals surface area contributed by atoms with Crippen LogP contribution in [0.15, 0.2) is 97.2 Å². The fraction of sp³-hybridized carbons (Fsp3) is 0.231. The fourth-order valence-corrected chi connectivity index (χ4v) is 3.96. The van der Waals surface area contributed by atoms with Gasteiger partial charge in [-0.15, -0.1) is 0 Å². The number of para-hydroxylation sites is 1. The number of aliphatic hydroxyl groups is 1. The topological polar surface area (TPSA) is 28.4 Å². The Kier molecular flexibility index (Phi) is 6.40. The molecule has 1 aromatic heterocycles. The number of aryl methyl sites for hydroxylation is 1. The fourth-order valence-electron chi connectivity index (χ4n) is 3.96. The van der Waals surface area contributed by atoms with Crippen molar-refractivity contribution in [2.75, 3.05) is 6.61 Å². The third-order valence-corrected chi connectivity index (χ3v) is 5.57. The Morgan fingerprint density at radius 1 is 0.724 bits per heavy atom. The first kappa shape index (κ1) is 19.4. The maximum absolute atomic E-state index is 10.2. The highest BCUT2D eigenvalue weighted by molar-refractivity contribution is 5.79. The average molecular weight is 385 g/mol. The summed E-state index contributed by atoms with van der Waals surface area (Å²) in [6, 6.07) is 31.8. The van der Waals surface area contributed by atoms with Crippen molar-refractivity contribution in [3.63, 3.8) is 0 Å². The van der Waals surface area contributed by atoms with Crippen LogP contribution < -0.4 is 0 Å². The zero-order chi connectivity index (χ0) is 19.9. The van der Waals surface area contributed by atoms with Gasteiger partial charge in [0.25, 0.3) is 0 Å². The van der Waals surface area contributed by atoms with Gasteiger partial charge in [0.1, 0.15) is 0 Å². The van der Waals surface area contributed by atoms with Crippen molar-refractivity contribution in [2.24, 2.45) is 0 Å². The highest BCUT2D eigenvalue weighted by atomic mass is 16.3. The van der Waals surface area contributed by atoms with Crippen molar-refractivity contribution in [1.82, 2.24) is 9.47 Å². The molecule has 3 aromatic carbocycles. The van der Waals surface area contributed by atoms with Crippen molar-refractivity contribution in [3.8, 4) is 0 Å². The largest absolute Gasteiger partial charge is 0.395 e. The lowest BCUT2D eigenvalue weighted by atomic mass is 10.1.